The number of ether oxygens (including phenoxy) is 1. The van der Waals surface area contributed by atoms with E-state index < -0.39 is 6.36 Å². The van der Waals surface area contributed by atoms with Gasteiger partial charge in [-0.25, -0.2) is 0 Å². The van der Waals surface area contributed by atoms with E-state index in [9.17, 15) is 18.0 Å². The molecule has 0 bridgehead atoms. The van der Waals surface area contributed by atoms with E-state index in [2.05, 4.69) is 25.9 Å². The van der Waals surface area contributed by atoms with Gasteiger partial charge < -0.3 is 19.9 Å². The van der Waals surface area contributed by atoms with Gasteiger partial charge >= 0.3 is 6.36 Å². The van der Waals surface area contributed by atoms with Gasteiger partial charge in [-0.05, 0) is 42.0 Å². The minimum absolute atomic E-state index is 0.217. The maximum absolute atomic E-state index is 12.2. The number of benzene rings is 2. The van der Waals surface area contributed by atoms with E-state index in [0.717, 1.165) is 43.1 Å². The van der Waals surface area contributed by atoms with Gasteiger partial charge in [0.2, 0.25) is 6.41 Å². The van der Waals surface area contributed by atoms with E-state index in [1.807, 2.05) is 18.2 Å². The Balaban J connectivity index is 1.58. The highest BCUT2D eigenvalue weighted by atomic mass is 19.4. The molecule has 2 aromatic carbocycles. The Morgan fingerprint density at radius 2 is 1.59 bits per heavy atom. The van der Waals surface area contributed by atoms with E-state index in [0.29, 0.717) is 13.0 Å². The van der Waals surface area contributed by atoms with Crippen molar-refractivity contribution < 1.29 is 22.7 Å². The fourth-order valence-electron chi connectivity index (χ4n) is 3.10. The molecule has 0 aromatic heterocycles. The lowest BCUT2D eigenvalue weighted by Gasteiger charge is -2.37. The molecular weight excluding hydrogens is 359 g/mol. The average Bonchev–Trinajstić information content (AvgIpc) is 2.66. The second-order valence-electron chi connectivity index (χ2n) is 6.18. The number of carbonyl (C=O) groups is 1. The number of hydrogen-bond donors (Lipinski definition) is 1. The summed E-state index contributed by atoms with van der Waals surface area (Å²) in [6.07, 6.45) is -4.00. The first kappa shape index (κ1) is 18.9. The maximum atomic E-state index is 12.2. The first-order valence-corrected chi connectivity index (χ1v) is 8.56. The smallest absolute Gasteiger partial charge is 0.406 e. The van der Waals surface area contributed by atoms with Crippen LogP contribution < -0.4 is 19.9 Å². The molecule has 3 rings (SSSR count). The molecule has 0 unspecified atom stereocenters. The normalized spacial score (nSPS) is 14.8. The van der Waals surface area contributed by atoms with E-state index in [1.165, 1.54) is 12.1 Å². The third-order valence-corrected chi connectivity index (χ3v) is 4.38. The lowest BCUT2D eigenvalue weighted by atomic mass is 10.1. The van der Waals surface area contributed by atoms with Crippen molar-refractivity contribution >= 4 is 17.8 Å². The summed E-state index contributed by atoms with van der Waals surface area (Å²) in [5.41, 5.74) is 2.99. The minimum Gasteiger partial charge on any atom is -0.406 e. The second kappa shape index (κ2) is 8.20. The van der Waals surface area contributed by atoms with Crippen molar-refractivity contribution in [2.45, 2.75) is 12.9 Å². The number of carbonyl (C=O) groups excluding carboxylic acids is 1. The molecule has 5 nitrogen and oxygen atoms in total. The van der Waals surface area contributed by atoms with Crippen LogP contribution >= 0.6 is 0 Å². The second-order valence-corrected chi connectivity index (χ2v) is 6.18. The van der Waals surface area contributed by atoms with Gasteiger partial charge in [-0.2, -0.15) is 0 Å². The Hall–Kier alpha value is -2.90. The molecule has 1 heterocycles. The van der Waals surface area contributed by atoms with Crippen molar-refractivity contribution in [2.24, 2.45) is 0 Å². The van der Waals surface area contributed by atoms with Crippen molar-refractivity contribution in [1.82, 2.24) is 5.32 Å². The number of nitrogens with zero attached hydrogens (tertiary/aromatic N) is 2. The number of anilines is 2. The molecule has 27 heavy (non-hydrogen) atoms. The number of halogens is 3. The number of amides is 1. The van der Waals surface area contributed by atoms with Crippen LogP contribution in [0.5, 0.6) is 5.75 Å². The largest absolute Gasteiger partial charge is 0.573 e. The third kappa shape index (κ3) is 5.29. The van der Waals surface area contributed by atoms with Gasteiger partial charge in [0, 0.05) is 44.1 Å². The first-order chi connectivity index (χ1) is 12.9. The summed E-state index contributed by atoms with van der Waals surface area (Å²) in [5, 5.41) is 2.65. The zero-order chi connectivity index (χ0) is 19.3. The molecule has 1 fully saturated rings. The molecule has 0 atom stereocenters. The van der Waals surface area contributed by atoms with Gasteiger partial charge in [0.1, 0.15) is 5.75 Å². The van der Waals surface area contributed by atoms with E-state index >= 15 is 0 Å². The van der Waals surface area contributed by atoms with Crippen LogP contribution in [0.4, 0.5) is 24.5 Å². The molecule has 0 spiro atoms. The standard InChI is InChI=1S/C19H20F3N3O2/c20-19(21,22)27-18-6-4-16(5-7-18)24-8-10-25(11-9-24)17-3-1-2-15(12-17)13-23-14-26/h1-7,12,14H,8-11,13H2,(H,23,26). The van der Waals surface area contributed by atoms with E-state index in [-0.39, 0.29) is 5.75 Å². The Kier molecular flexibility index (Phi) is 5.73. The zero-order valence-electron chi connectivity index (χ0n) is 14.6. The molecule has 1 saturated heterocycles. The topological polar surface area (TPSA) is 44.8 Å². The molecule has 0 radical (unpaired) electrons. The van der Waals surface area contributed by atoms with Gasteiger partial charge in [0.05, 0.1) is 0 Å². The lowest BCUT2D eigenvalue weighted by molar-refractivity contribution is -0.274. The summed E-state index contributed by atoms with van der Waals surface area (Å²) in [6, 6.07) is 13.9. The van der Waals surface area contributed by atoms with Gasteiger partial charge in [0.15, 0.2) is 0 Å². The fourth-order valence-corrected chi connectivity index (χ4v) is 3.10. The number of hydrogen-bond acceptors (Lipinski definition) is 4. The average molecular weight is 379 g/mol. The fraction of sp³-hybridized carbons (Fsp3) is 0.316. The predicted octanol–water partition coefficient (Wildman–Crippen LogP) is 3.16. The highest BCUT2D eigenvalue weighted by Gasteiger charge is 2.31. The van der Waals surface area contributed by atoms with Crippen LogP contribution in [0.1, 0.15) is 5.56 Å². The summed E-state index contributed by atoms with van der Waals surface area (Å²) in [7, 11) is 0. The van der Waals surface area contributed by atoms with Crippen LogP contribution in [0.25, 0.3) is 0 Å². The van der Waals surface area contributed by atoms with Gasteiger partial charge in [0.25, 0.3) is 0 Å². The van der Waals surface area contributed by atoms with Gasteiger partial charge in [-0.3, -0.25) is 4.79 Å². The summed E-state index contributed by atoms with van der Waals surface area (Å²) >= 11 is 0. The van der Waals surface area contributed by atoms with Crippen LogP contribution in [-0.4, -0.2) is 39.0 Å². The van der Waals surface area contributed by atoms with Crippen LogP contribution in [0.15, 0.2) is 48.5 Å². The molecule has 1 N–H and O–H groups in total. The van der Waals surface area contributed by atoms with Crippen molar-refractivity contribution in [3.05, 3.63) is 54.1 Å². The first-order valence-electron chi connectivity index (χ1n) is 8.56. The number of rotatable bonds is 6. The third-order valence-electron chi connectivity index (χ3n) is 4.38. The molecule has 0 saturated carbocycles. The molecule has 1 aliphatic heterocycles. The molecule has 1 amide bonds. The SMILES string of the molecule is O=CNCc1cccc(N2CCN(c3ccc(OC(F)(F)F)cc3)CC2)c1. The van der Waals surface area contributed by atoms with Gasteiger partial charge in [-0.1, -0.05) is 12.1 Å². The van der Waals surface area contributed by atoms with Crippen molar-refractivity contribution in [1.29, 1.82) is 0 Å². The van der Waals surface area contributed by atoms with Gasteiger partial charge in [-0.15, -0.1) is 13.2 Å². The minimum atomic E-state index is -4.68. The number of nitrogens with one attached hydrogen (secondary N) is 1. The summed E-state index contributed by atoms with van der Waals surface area (Å²) in [5.74, 6) is -0.217. The van der Waals surface area contributed by atoms with E-state index in [4.69, 9.17) is 0 Å². The summed E-state index contributed by atoms with van der Waals surface area (Å²) in [4.78, 5) is 14.8. The molecule has 2 aromatic rings. The Labute approximate surface area is 155 Å². The van der Waals surface area contributed by atoms with Crippen molar-refractivity contribution in [2.75, 3.05) is 36.0 Å². The number of alkyl halides is 3. The van der Waals surface area contributed by atoms with Crippen LogP contribution in [0.2, 0.25) is 0 Å². The van der Waals surface area contributed by atoms with Crippen molar-refractivity contribution in [3.63, 3.8) is 0 Å². The predicted molar refractivity (Wildman–Crippen MR) is 96.9 cm³/mol. The summed E-state index contributed by atoms with van der Waals surface area (Å²) < 4.78 is 40.6. The Bertz CT molecular complexity index is 758. The van der Waals surface area contributed by atoms with Crippen molar-refractivity contribution in [3.8, 4) is 5.75 Å². The lowest BCUT2D eigenvalue weighted by Crippen LogP contribution is -2.46. The molecule has 1 aliphatic rings. The summed E-state index contributed by atoms with van der Waals surface area (Å²) in [6.45, 7) is 3.60. The molecule has 8 heteroatoms. The monoisotopic (exact) mass is 379 g/mol. The Morgan fingerprint density at radius 1 is 0.963 bits per heavy atom. The molecule has 144 valence electrons. The quantitative estimate of drug-likeness (QED) is 0.784. The molecular formula is C19H20F3N3O2. The molecule has 0 aliphatic carbocycles. The maximum Gasteiger partial charge on any atom is 0.573 e. The van der Waals surface area contributed by atoms with E-state index in [1.54, 1.807) is 12.1 Å². The zero-order valence-corrected chi connectivity index (χ0v) is 14.6. The highest BCUT2D eigenvalue weighted by molar-refractivity contribution is 5.54. The van der Waals surface area contributed by atoms with Crippen LogP contribution in [0.3, 0.4) is 0 Å². The van der Waals surface area contributed by atoms with Crippen LogP contribution in [0, 0.1) is 0 Å². The number of piperazine rings is 1. The van der Waals surface area contributed by atoms with Crippen LogP contribution in [-0.2, 0) is 11.3 Å². The Morgan fingerprint density at radius 3 is 2.19 bits per heavy atom. The highest BCUT2D eigenvalue weighted by Crippen LogP contribution is 2.26.